The van der Waals surface area contributed by atoms with Crippen molar-refractivity contribution >= 4 is 24.0 Å². The zero-order valence-corrected chi connectivity index (χ0v) is 10.4. The van der Waals surface area contributed by atoms with Crippen molar-refractivity contribution in [1.29, 1.82) is 0 Å². The number of nitrogens with one attached hydrogen (secondary N) is 1. The summed E-state index contributed by atoms with van der Waals surface area (Å²) in [6.07, 6.45) is 0. The number of halogens is 1. The van der Waals surface area contributed by atoms with E-state index < -0.39 is 6.04 Å². The molecule has 1 aromatic rings. The van der Waals surface area contributed by atoms with Crippen LogP contribution >= 0.6 is 12.4 Å². The van der Waals surface area contributed by atoms with E-state index in [1.165, 1.54) is 0 Å². The molecule has 0 spiro atoms. The van der Waals surface area contributed by atoms with Crippen molar-refractivity contribution < 1.29 is 9.53 Å². The molecule has 5 heteroatoms. The van der Waals surface area contributed by atoms with Crippen molar-refractivity contribution in [2.45, 2.75) is 19.9 Å². The maximum absolute atomic E-state index is 11.4. The van der Waals surface area contributed by atoms with Crippen molar-refractivity contribution in [3.8, 4) is 5.75 Å². The van der Waals surface area contributed by atoms with Gasteiger partial charge >= 0.3 is 0 Å². The molecular weight excluding hydrogens is 228 g/mol. The SMILES string of the molecule is COc1cc(C)ccc1NC(=O)[C@H](C)N.Cl. The molecule has 0 bridgehead atoms. The van der Waals surface area contributed by atoms with Gasteiger partial charge in [0.2, 0.25) is 5.91 Å². The minimum Gasteiger partial charge on any atom is -0.495 e. The molecule has 0 aliphatic rings. The molecule has 0 heterocycles. The number of rotatable bonds is 3. The second-order valence-electron chi connectivity index (χ2n) is 3.48. The number of anilines is 1. The maximum Gasteiger partial charge on any atom is 0.241 e. The summed E-state index contributed by atoms with van der Waals surface area (Å²) in [5.74, 6) is 0.418. The molecule has 0 fully saturated rings. The highest BCUT2D eigenvalue weighted by atomic mass is 35.5. The molecule has 3 N–H and O–H groups in total. The standard InChI is InChI=1S/C11H16N2O2.ClH/c1-7-4-5-9(10(6-7)15-3)13-11(14)8(2)12;/h4-6,8H,12H2,1-3H3,(H,13,14);1H/t8-;/m0./s1. The molecule has 0 aliphatic carbocycles. The molecule has 1 aromatic carbocycles. The van der Waals surface area contributed by atoms with Gasteiger partial charge in [-0.25, -0.2) is 0 Å². The first-order valence-electron chi connectivity index (χ1n) is 4.75. The third-order valence-corrected chi connectivity index (χ3v) is 2.03. The van der Waals surface area contributed by atoms with Crippen molar-refractivity contribution in [2.24, 2.45) is 5.73 Å². The van der Waals surface area contributed by atoms with E-state index in [9.17, 15) is 4.79 Å². The third-order valence-electron chi connectivity index (χ3n) is 2.03. The van der Waals surface area contributed by atoms with E-state index in [4.69, 9.17) is 10.5 Å². The van der Waals surface area contributed by atoms with Gasteiger partial charge in [0.1, 0.15) is 5.75 Å². The molecule has 0 aliphatic heterocycles. The summed E-state index contributed by atoms with van der Waals surface area (Å²) < 4.78 is 5.15. The highest BCUT2D eigenvalue weighted by Gasteiger charge is 2.10. The number of ether oxygens (including phenoxy) is 1. The van der Waals surface area contributed by atoms with E-state index >= 15 is 0 Å². The van der Waals surface area contributed by atoms with Crippen LogP contribution in [0.3, 0.4) is 0 Å². The fourth-order valence-corrected chi connectivity index (χ4v) is 1.15. The van der Waals surface area contributed by atoms with Crippen molar-refractivity contribution in [1.82, 2.24) is 0 Å². The zero-order chi connectivity index (χ0) is 11.4. The predicted octanol–water partition coefficient (Wildman–Crippen LogP) is 1.71. The Kier molecular flexibility index (Phi) is 5.85. The number of amides is 1. The van der Waals surface area contributed by atoms with Crippen LogP contribution in [0.2, 0.25) is 0 Å². The maximum atomic E-state index is 11.4. The lowest BCUT2D eigenvalue weighted by molar-refractivity contribution is -0.117. The van der Waals surface area contributed by atoms with Gasteiger partial charge in [-0.3, -0.25) is 4.79 Å². The lowest BCUT2D eigenvalue weighted by Crippen LogP contribution is -2.32. The van der Waals surface area contributed by atoms with Crippen LogP contribution < -0.4 is 15.8 Å². The molecular formula is C11H17ClN2O2. The van der Waals surface area contributed by atoms with Crippen LogP contribution in [0.25, 0.3) is 0 Å². The monoisotopic (exact) mass is 244 g/mol. The van der Waals surface area contributed by atoms with E-state index in [1.807, 2.05) is 19.1 Å². The summed E-state index contributed by atoms with van der Waals surface area (Å²) in [4.78, 5) is 11.4. The van der Waals surface area contributed by atoms with Gasteiger partial charge in [-0.05, 0) is 31.5 Å². The van der Waals surface area contributed by atoms with Crippen molar-refractivity contribution in [2.75, 3.05) is 12.4 Å². The van der Waals surface area contributed by atoms with Crippen LogP contribution in [-0.2, 0) is 4.79 Å². The van der Waals surface area contributed by atoms with Gasteiger partial charge in [0.25, 0.3) is 0 Å². The van der Waals surface area contributed by atoms with Crippen LogP contribution in [-0.4, -0.2) is 19.1 Å². The number of benzene rings is 1. The molecule has 0 saturated heterocycles. The van der Waals surface area contributed by atoms with E-state index in [2.05, 4.69) is 5.32 Å². The van der Waals surface area contributed by atoms with Gasteiger partial charge in [0, 0.05) is 0 Å². The summed E-state index contributed by atoms with van der Waals surface area (Å²) in [7, 11) is 1.57. The molecule has 0 unspecified atom stereocenters. The summed E-state index contributed by atoms with van der Waals surface area (Å²) >= 11 is 0. The number of carbonyl (C=O) groups excluding carboxylic acids is 1. The smallest absolute Gasteiger partial charge is 0.241 e. The summed E-state index contributed by atoms with van der Waals surface area (Å²) in [6.45, 7) is 3.59. The molecule has 0 saturated carbocycles. The Hall–Kier alpha value is -1.26. The predicted molar refractivity (Wildman–Crippen MR) is 67.3 cm³/mol. The van der Waals surface area contributed by atoms with E-state index in [1.54, 1.807) is 20.1 Å². The topological polar surface area (TPSA) is 64.3 Å². The molecule has 4 nitrogen and oxygen atoms in total. The first-order valence-corrected chi connectivity index (χ1v) is 4.75. The number of methoxy groups -OCH3 is 1. The number of nitrogens with two attached hydrogens (primary N) is 1. The second-order valence-corrected chi connectivity index (χ2v) is 3.48. The van der Waals surface area contributed by atoms with Crippen LogP contribution in [0.1, 0.15) is 12.5 Å². The quantitative estimate of drug-likeness (QED) is 0.851. The summed E-state index contributed by atoms with van der Waals surface area (Å²) in [5, 5.41) is 2.70. The van der Waals surface area contributed by atoms with Crippen LogP contribution in [0.5, 0.6) is 5.75 Å². The Bertz CT molecular complexity index is 367. The van der Waals surface area contributed by atoms with E-state index in [-0.39, 0.29) is 18.3 Å². The van der Waals surface area contributed by atoms with E-state index in [0.29, 0.717) is 11.4 Å². The van der Waals surface area contributed by atoms with Gasteiger partial charge in [-0.1, -0.05) is 6.07 Å². The van der Waals surface area contributed by atoms with Crippen LogP contribution in [0.4, 0.5) is 5.69 Å². The number of carbonyl (C=O) groups is 1. The highest BCUT2D eigenvalue weighted by Crippen LogP contribution is 2.25. The number of hydrogen-bond acceptors (Lipinski definition) is 3. The largest absolute Gasteiger partial charge is 0.495 e. The number of aryl methyl sites for hydroxylation is 1. The van der Waals surface area contributed by atoms with Crippen LogP contribution in [0.15, 0.2) is 18.2 Å². The molecule has 0 radical (unpaired) electrons. The van der Waals surface area contributed by atoms with Gasteiger partial charge in [0.15, 0.2) is 0 Å². The van der Waals surface area contributed by atoms with E-state index in [0.717, 1.165) is 5.56 Å². The van der Waals surface area contributed by atoms with Crippen molar-refractivity contribution in [3.05, 3.63) is 23.8 Å². The van der Waals surface area contributed by atoms with Crippen LogP contribution in [0, 0.1) is 6.92 Å². The van der Waals surface area contributed by atoms with Gasteiger partial charge in [-0.15, -0.1) is 12.4 Å². The fourth-order valence-electron chi connectivity index (χ4n) is 1.15. The Morgan fingerprint density at radius 1 is 1.50 bits per heavy atom. The molecule has 1 amide bonds. The minimum absolute atomic E-state index is 0. The average molecular weight is 245 g/mol. The summed E-state index contributed by atoms with van der Waals surface area (Å²) in [5.41, 5.74) is 7.17. The fraction of sp³-hybridized carbons (Fsp3) is 0.364. The Labute approximate surface area is 102 Å². The Morgan fingerprint density at radius 2 is 2.12 bits per heavy atom. The number of hydrogen-bond donors (Lipinski definition) is 2. The minimum atomic E-state index is -0.531. The molecule has 1 rings (SSSR count). The second kappa shape index (κ2) is 6.35. The Morgan fingerprint density at radius 3 is 2.62 bits per heavy atom. The normalized spacial score (nSPS) is 11.2. The zero-order valence-electron chi connectivity index (χ0n) is 9.61. The van der Waals surface area contributed by atoms with Gasteiger partial charge < -0.3 is 15.8 Å². The molecule has 1 atom stereocenters. The lowest BCUT2D eigenvalue weighted by atomic mass is 10.2. The Balaban J connectivity index is 0.00000225. The average Bonchev–Trinajstić information content (AvgIpc) is 2.20. The summed E-state index contributed by atoms with van der Waals surface area (Å²) in [6, 6.07) is 5.03. The van der Waals surface area contributed by atoms with Gasteiger partial charge in [0.05, 0.1) is 18.8 Å². The molecule has 16 heavy (non-hydrogen) atoms. The first kappa shape index (κ1) is 14.7. The lowest BCUT2D eigenvalue weighted by Gasteiger charge is -2.12. The van der Waals surface area contributed by atoms with Crippen molar-refractivity contribution in [3.63, 3.8) is 0 Å². The molecule has 0 aromatic heterocycles. The first-order chi connectivity index (χ1) is 7.04. The highest BCUT2D eigenvalue weighted by molar-refractivity contribution is 5.95. The molecule has 90 valence electrons. The van der Waals surface area contributed by atoms with Gasteiger partial charge in [-0.2, -0.15) is 0 Å². The third kappa shape index (κ3) is 3.72.